The number of anilines is 1. The van der Waals surface area contributed by atoms with Gasteiger partial charge in [0, 0.05) is 17.0 Å². The van der Waals surface area contributed by atoms with Crippen LogP contribution in [0.4, 0.5) is 5.69 Å². The summed E-state index contributed by atoms with van der Waals surface area (Å²) in [6.45, 7) is 2.88. The summed E-state index contributed by atoms with van der Waals surface area (Å²) in [7, 11) is 0. The lowest BCUT2D eigenvalue weighted by molar-refractivity contribution is 0.0657. The number of carbonyl (C=O) groups is 1. The molecule has 1 aliphatic rings. The number of carbonyl (C=O) groups excluding carboxylic acids is 1. The number of hydrogen-bond acceptors (Lipinski definition) is 3. The molecule has 21 heavy (non-hydrogen) atoms. The van der Waals surface area contributed by atoms with Crippen LogP contribution in [-0.4, -0.2) is 17.4 Å². The van der Waals surface area contributed by atoms with Crippen LogP contribution in [0.15, 0.2) is 29.6 Å². The van der Waals surface area contributed by atoms with Gasteiger partial charge in [-0.05, 0) is 48.1 Å². The van der Waals surface area contributed by atoms with Gasteiger partial charge in [-0.25, -0.2) is 0 Å². The lowest BCUT2D eigenvalue weighted by Gasteiger charge is -2.35. The SMILES string of the molecule is CCC1c2ccsc2CCN1C(=O)c1ccc(Cl)c(N)c1. The Bertz CT molecular complexity index is 683. The van der Waals surface area contributed by atoms with Crippen LogP contribution in [0.1, 0.15) is 40.2 Å². The topological polar surface area (TPSA) is 46.3 Å². The van der Waals surface area contributed by atoms with E-state index in [1.54, 1.807) is 29.5 Å². The highest BCUT2D eigenvalue weighted by Crippen LogP contribution is 2.36. The van der Waals surface area contributed by atoms with Crippen LogP contribution in [0.25, 0.3) is 0 Å². The number of thiophene rings is 1. The Balaban J connectivity index is 1.92. The second kappa shape index (κ2) is 5.70. The Morgan fingerprint density at radius 2 is 2.29 bits per heavy atom. The quantitative estimate of drug-likeness (QED) is 0.845. The standard InChI is InChI=1S/C16H17ClN2OS/c1-2-14-11-6-8-21-15(11)5-7-19(14)16(20)10-3-4-12(17)13(18)9-10/h3-4,6,8-9,14H,2,5,7,18H2,1H3. The second-order valence-electron chi connectivity index (χ2n) is 5.21. The number of halogens is 1. The Hall–Kier alpha value is -1.52. The molecule has 1 atom stereocenters. The summed E-state index contributed by atoms with van der Waals surface area (Å²) in [5.74, 6) is 0.0297. The van der Waals surface area contributed by atoms with E-state index in [-0.39, 0.29) is 11.9 Å². The zero-order chi connectivity index (χ0) is 15.0. The predicted molar refractivity (Wildman–Crippen MR) is 88.0 cm³/mol. The fourth-order valence-electron chi connectivity index (χ4n) is 2.92. The number of amides is 1. The molecule has 1 amide bonds. The van der Waals surface area contributed by atoms with E-state index in [1.165, 1.54) is 10.4 Å². The summed E-state index contributed by atoms with van der Waals surface area (Å²) in [5.41, 5.74) is 8.16. The molecule has 0 saturated carbocycles. The van der Waals surface area contributed by atoms with Crippen molar-refractivity contribution in [1.29, 1.82) is 0 Å². The van der Waals surface area contributed by atoms with Gasteiger partial charge in [-0.15, -0.1) is 11.3 Å². The maximum atomic E-state index is 12.8. The molecule has 2 N–H and O–H groups in total. The van der Waals surface area contributed by atoms with Crippen molar-refractivity contribution in [3.8, 4) is 0 Å². The van der Waals surface area contributed by atoms with E-state index >= 15 is 0 Å². The Kier molecular flexibility index (Phi) is 3.91. The van der Waals surface area contributed by atoms with Crippen molar-refractivity contribution >= 4 is 34.5 Å². The smallest absolute Gasteiger partial charge is 0.254 e. The Morgan fingerprint density at radius 1 is 1.48 bits per heavy atom. The maximum Gasteiger partial charge on any atom is 0.254 e. The van der Waals surface area contributed by atoms with Gasteiger partial charge >= 0.3 is 0 Å². The molecule has 0 saturated heterocycles. The third kappa shape index (κ3) is 2.54. The fraction of sp³-hybridized carbons (Fsp3) is 0.312. The average Bonchev–Trinajstić information content (AvgIpc) is 2.96. The second-order valence-corrected chi connectivity index (χ2v) is 6.62. The molecule has 1 aromatic heterocycles. The minimum atomic E-state index is 0.0297. The molecular weight excluding hydrogens is 304 g/mol. The van der Waals surface area contributed by atoms with Gasteiger partial charge in [-0.1, -0.05) is 18.5 Å². The molecule has 3 rings (SSSR count). The first kappa shape index (κ1) is 14.4. The number of nitrogens with zero attached hydrogens (tertiary/aromatic N) is 1. The minimum absolute atomic E-state index is 0.0297. The van der Waals surface area contributed by atoms with Crippen LogP contribution in [0, 0.1) is 0 Å². The van der Waals surface area contributed by atoms with E-state index in [4.69, 9.17) is 17.3 Å². The van der Waals surface area contributed by atoms with Crippen molar-refractivity contribution in [3.05, 3.63) is 50.7 Å². The van der Waals surface area contributed by atoms with Crippen molar-refractivity contribution in [3.63, 3.8) is 0 Å². The molecule has 0 bridgehead atoms. The molecule has 0 aliphatic carbocycles. The Labute approximate surface area is 133 Å². The summed E-state index contributed by atoms with van der Waals surface area (Å²) in [6.07, 6.45) is 1.84. The van der Waals surface area contributed by atoms with Gasteiger partial charge in [0.25, 0.3) is 5.91 Å². The number of benzene rings is 1. The molecule has 3 nitrogen and oxygen atoms in total. The summed E-state index contributed by atoms with van der Waals surface area (Å²) in [4.78, 5) is 16.2. The zero-order valence-corrected chi connectivity index (χ0v) is 13.4. The number of nitrogen functional groups attached to an aromatic ring is 1. The van der Waals surface area contributed by atoms with E-state index in [0.717, 1.165) is 19.4 Å². The predicted octanol–water partition coefficient (Wildman–Crippen LogP) is 4.13. The minimum Gasteiger partial charge on any atom is -0.398 e. The number of nitrogens with two attached hydrogens (primary N) is 1. The fourth-order valence-corrected chi connectivity index (χ4v) is 3.97. The van der Waals surface area contributed by atoms with Crippen molar-refractivity contribution < 1.29 is 4.79 Å². The van der Waals surface area contributed by atoms with Crippen LogP contribution in [0.5, 0.6) is 0 Å². The van der Waals surface area contributed by atoms with Gasteiger partial charge in [0.05, 0.1) is 16.8 Å². The van der Waals surface area contributed by atoms with E-state index < -0.39 is 0 Å². The summed E-state index contributed by atoms with van der Waals surface area (Å²) >= 11 is 7.71. The van der Waals surface area contributed by atoms with Crippen LogP contribution < -0.4 is 5.73 Å². The largest absolute Gasteiger partial charge is 0.398 e. The van der Waals surface area contributed by atoms with Crippen molar-refractivity contribution in [2.45, 2.75) is 25.8 Å². The van der Waals surface area contributed by atoms with E-state index in [0.29, 0.717) is 16.3 Å². The van der Waals surface area contributed by atoms with Gasteiger partial charge in [0.1, 0.15) is 0 Å². The van der Waals surface area contributed by atoms with Gasteiger partial charge in [-0.2, -0.15) is 0 Å². The van der Waals surface area contributed by atoms with E-state index in [2.05, 4.69) is 18.4 Å². The first-order valence-electron chi connectivity index (χ1n) is 7.04. The molecule has 1 unspecified atom stereocenters. The monoisotopic (exact) mass is 320 g/mol. The van der Waals surface area contributed by atoms with Gasteiger partial charge in [0.15, 0.2) is 0 Å². The third-order valence-corrected chi connectivity index (χ3v) is 5.33. The normalized spacial score (nSPS) is 17.6. The molecule has 0 fully saturated rings. The first-order chi connectivity index (χ1) is 10.1. The van der Waals surface area contributed by atoms with Gasteiger partial charge < -0.3 is 10.6 Å². The van der Waals surface area contributed by atoms with Crippen LogP contribution in [0.3, 0.4) is 0 Å². The van der Waals surface area contributed by atoms with Crippen LogP contribution >= 0.6 is 22.9 Å². The lowest BCUT2D eigenvalue weighted by atomic mass is 9.97. The molecule has 2 aromatic rings. The van der Waals surface area contributed by atoms with E-state index in [1.807, 2.05) is 4.90 Å². The van der Waals surface area contributed by atoms with Crippen LogP contribution in [-0.2, 0) is 6.42 Å². The molecular formula is C16H17ClN2OS. The maximum absolute atomic E-state index is 12.8. The number of rotatable bonds is 2. The first-order valence-corrected chi connectivity index (χ1v) is 8.29. The highest BCUT2D eigenvalue weighted by atomic mass is 35.5. The highest BCUT2D eigenvalue weighted by Gasteiger charge is 2.30. The lowest BCUT2D eigenvalue weighted by Crippen LogP contribution is -2.39. The van der Waals surface area contributed by atoms with Gasteiger partial charge in [-0.3, -0.25) is 4.79 Å². The highest BCUT2D eigenvalue weighted by molar-refractivity contribution is 7.10. The number of hydrogen-bond donors (Lipinski definition) is 1. The molecule has 5 heteroatoms. The third-order valence-electron chi connectivity index (χ3n) is 3.99. The van der Waals surface area contributed by atoms with Crippen molar-refractivity contribution in [1.82, 2.24) is 4.90 Å². The van der Waals surface area contributed by atoms with E-state index in [9.17, 15) is 4.79 Å². The van der Waals surface area contributed by atoms with Crippen LogP contribution in [0.2, 0.25) is 5.02 Å². The Morgan fingerprint density at radius 3 is 3.00 bits per heavy atom. The molecule has 0 radical (unpaired) electrons. The summed E-state index contributed by atoms with van der Waals surface area (Å²) < 4.78 is 0. The molecule has 1 aliphatic heterocycles. The van der Waals surface area contributed by atoms with Crippen molar-refractivity contribution in [2.75, 3.05) is 12.3 Å². The van der Waals surface area contributed by atoms with Crippen molar-refractivity contribution in [2.24, 2.45) is 0 Å². The molecule has 110 valence electrons. The molecule has 0 spiro atoms. The summed E-state index contributed by atoms with van der Waals surface area (Å²) in [6, 6.07) is 7.40. The molecule has 1 aromatic carbocycles. The number of fused-ring (bicyclic) bond motifs is 1. The van der Waals surface area contributed by atoms with Gasteiger partial charge in [0.2, 0.25) is 0 Å². The summed E-state index contributed by atoms with van der Waals surface area (Å²) in [5, 5.41) is 2.60. The average molecular weight is 321 g/mol. The molecule has 2 heterocycles. The zero-order valence-electron chi connectivity index (χ0n) is 11.8.